The highest BCUT2D eigenvalue weighted by atomic mass is 32.2. The molecule has 4 rings (SSSR count). The van der Waals surface area contributed by atoms with Crippen molar-refractivity contribution >= 4 is 33.0 Å². The van der Waals surface area contributed by atoms with Crippen LogP contribution in [0.2, 0.25) is 0 Å². The topological polar surface area (TPSA) is 146 Å². The second-order valence-corrected chi connectivity index (χ2v) is 11.2. The van der Waals surface area contributed by atoms with E-state index >= 15 is 0 Å². The number of rotatable bonds is 11. The molecule has 0 aliphatic carbocycles. The van der Waals surface area contributed by atoms with Crippen LogP contribution in [-0.2, 0) is 16.4 Å². The number of aliphatic hydroxyl groups excluding tert-OH is 1. The van der Waals surface area contributed by atoms with Crippen molar-refractivity contribution in [1.82, 2.24) is 14.3 Å². The van der Waals surface area contributed by atoms with E-state index in [0.29, 0.717) is 11.9 Å². The molecule has 0 bridgehead atoms. The van der Waals surface area contributed by atoms with E-state index in [2.05, 4.69) is 15.3 Å². The van der Waals surface area contributed by atoms with Crippen molar-refractivity contribution in [3.8, 4) is 5.88 Å². The van der Waals surface area contributed by atoms with Crippen molar-refractivity contribution in [3.63, 3.8) is 0 Å². The molecule has 1 atom stereocenters. The van der Waals surface area contributed by atoms with Crippen LogP contribution in [0.15, 0.2) is 76.2 Å². The van der Waals surface area contributed by atoms with Gasteiger partial charge in [-0.3, -0.25) is 10.1 Å². The largest absolute Gasteiger partial charge is 0.493 e. The number of aromatic hydroxyl groups is 1. The average Bonchev–Trinajstić information content (AvgIpc) is 3.29. The second-order valence-electron chi connectivity index (χ2n) is 9.22. The van der Waals surface area contributed by atoms with Gasteiger partial charge in [0.1, 0.15) is 5.52 Å². The summed E-state index contributed by atoms with van der Waals surface area (Å²) in [7, 11) is -3.98. The Balaban J connectivity index is 1.50. The molecule has 2 aromatic heterocycles. The van der Waals surface area contributed by atoms with Gasteiger partial charge in [0.25, 0.3) is 5.91 Å². The minimum absolute atomic E-state index is 0.0160. The van der Waals surface area contributed by atoms with Gasteiger partial charge in [0.2, 0.25) is 15.9 Å². The number of fused-ring (bicyclic) bond motifs is 1. The number of amides is 1. The van der Waals surface area contributed by atoms with Crippen LogP contribution >= 0.6 is 0 Å². The fraction of sp³-hybridized carbons (Fsp3) is 0.259. The first kappa shape index (κ1) is 27.2. The van der Waals surface area contributed by atoms with E-state index in [1.807, 2.05) is 44.2 Å². The summed E-state index contributed by atoms with van der Waals surface area (Å²) in [5.74, 6) is -0.748. The normalized spacial score (nSPS) is 12.8. The molecule has 0 saturated heterocycles. The Bertz CT molecular complexity index is 1490. The average molecular weight is 538 g/mol. The molecule has 0 aliphatic rings. The van der Waals surface area contributed by atoms with Crippen LogP contribution in [0.1, 0.15) is 29.8 Å². The van der Waals surface area contributed by atoms with Crippen LogP contribution < -0.4 is 5.32 Å². The molecule has 1 radical (unpaired) electrons. The van der Waals surface area contributed by atoms with Gasteiger partial charge in [-0.05, 0) is 42.5 Å². The summed E-state index contributed by atoms with van der Waals surface area (Å²) in [6.07, 6.45) is 2.44. The molecule has 2 heterocycles. The Morgan fingerprint density at radius 1 is 1.11 bits per heavy atom. The number of nitrogens with zero attached hydrogens (tertiary/aromatic N) is 3. The molecule has 1 amide bonds. The summed E-state index contributed by atoms with van der Waals surface area (Å²) in [6.45, 7) is 3.93. The molecule has 0 aliphatic heterocycles. The Labute approximate surface area is 221 Å². The van der Waals surface area contributed by atoms with Crippen molar-refractivity contribution in [2.24, 2.45) is 5.92 Å². The highest BCUT2D eigenvalue weighted by Gasteiger charge is 2.28. The molecule has 10 nitrogen and oxygen atoms in total. The van der Waals surface area contributed by atoms with Gasteiger partial charge in [0.05, 0.1) is 16.6 Å². The molecule has 1 unspecified atom stereocenters. The third kappa shape index (κ3) is 6.74. The lowest BCUT2D eigenvalue weighted by Crippen LogP contribution is -2.40. The van der Waals surface area contributed by atoms with E-state index in [9.17, 15) is 23.4 Å². The monoisotopic (exact) mass is 537 g/mol. The predicted octanol–water partition coefficient (Wildman–Crippen LogP) is 3.64. The van der Waals surface area contributed by atoms with Crippen LogP contribution in [0.4, 0.5) is 6.01 Å². The van der Waals surface area contributed by atoms with Gasteiger partial charge >= 0.3 is 6.01 Å². The summed E-state index contributed by atoms with van der Waals surface area (Å²) in [5.41, 5.74) is 1.73. The number of carbonyl (C=O) groups is 1. The quantitative estimate of drug-likeness (QED) is 0.263. The zero-order valence-electron chi connectivity index (χ0n) is 21.0. The molecule has 3 N–H and O–H groups in total. The van der Waals surface area contributed by atoms with Crippen LogP contribution in [0.3, 0.4) is 0 Å². The predicted molar refractivity (Wildman–Crippen MR) is 142 cm³/mol. The third-order valence-corrected chi connectivity index (χ3v) is 7.48. The van der Waals surface area contributed by atoms with Crippen LogP contribution in [0.25, 0.3) is 11.1 Å². The lowest BCUT2D eigenvalue weighted by Gasteiger charge is -2.26. The van der Waals surface area contributed by atoms with Crippen molar-refractivity contribution in [1.29, 1.82) is 0 Å². The van der Waals surface area contributed by atoms with Gasteiger partial charge in [-0.25, -0.2) is 13.4 Å². The number of anilines is 1. The smallest absolute Gasteiger partial charge is 0.302 e. The fourth-order valence-electron chi connectivity index (χ4n) is 3.81. The number of carbonyl (C=O) groups excluding carboxylic acids is 1. The maximum absolute atomic E-state index is 13.6. The summed E-state index contributed by atoms with van der Waals surface area (Å²) >= 11 is 0. The summed E-state index contributed by atoms with van der Waals surface area (Å²) < 4.78 is 34.0. The Morgan fingerprint density at radius 3 is 2.55 bits per heavy atom. The second kappa shape index (κ2) is 11.7. The van der Waals surface area contributed by atoms with Crippen molar-refractivity contribution in [2.45, 2.75) is 31.3 Å². The summed E-state index contributed by atoms with van der Waals surface area (Å²) in [4.78, 5) is 20.2. The molecule has 199 valence electrons. The molecule has 0 saturated carbocycles. The van der Waals surface area contributed by atoms with Crippen molar-refractivity contribution < 1.29 is 27.8 Å². The SMILES string of the molecule is CC(C)CN(CC(O)[CH]Cc1ccccc1)S(=O)(=O)c1ccc2nc(NC(=O)c3ccc(O)nc3)oc2c1. The van der Waals surface area contributed by atoms with Crippen LogP contribution in [-0.4, -0.2) is 58.0 Å². The minimum atomic E-state index is -3.98. The van der Waals surface area contributed by atoms with Gasteiger partial charge in [-0.15, -0.1) is 0 Å². The zero-order valence-corrected chi connectivity index (χ0v) is 21.8. The Kier molecular flexibility index (Phi) is 8.40. The van der Waals surface area contributed by atoms with E-state index in [1.54, 1.807) is 6.42 Å². The maximum atomic E-state index is 13.6. The molecular formula is C27H29N4O6S. The van der Waals surface area contributed by atoms with E-state index < -0.39 is 22.0 Å². The number of hydrogen-bond acceptors (Lipinski definition) is 8. The van der Waals surface area contributed by atoms with Gasteiger partial charge in [-0.2, -0.15) is 9.29 Å². The van der Waals surface area contributed by atoms with E-state index in [4.69, 9.17) is 4.42 Å². The van der Waals surface area contributed by atoms with Gasteiger partial charge in [0, 0.05) is 31.4 Å². The van der Waals surface area contributed by atoms with Gasteiger partial charge in [-0.1, -0.05) is 44.2 Å². The highest BCUT2D eigenvalue weighted by Crippen LogP contribution is 2.26. The molecule has 0 fully saturated rings. The number of pyridine rings is 1. The molecule has 11 heteroatoms. The minimum Gasteiger partial charge on any atom is -0.493 e. The standard InChI is InChI=1S/C27H29N4O6S/c1-18(2)16-31(17-21(32)10-8-19-6-4-3-5-7-19)38(35,36)22-11-12-23-24(14-22)37-27(29-23)30-26(34)20-9-13-25(33)28-15-20/h3-7,9-15,18,21,32H,8,16-17H2,1-2H3,(H,28,33)(H,29,30,34). The fourth-order valence-corrected chi connectivity index (χ4v) is 5.44. The number of aromatic nitrogens is 2. The Hall–Kier alpha value is -3.80. The number of nitrogens with one attached hydrogen (secondary N) is 1. The molecule has 0 spiro atoms. The summed E-state index contributed by atoms with van der Waals surface area (Å²) in [6, 6.07) is 16.4. The number of benzene rings is 2. The molecular weight excluding hydrogens is 508 g/mol. The van der Waals surface area contributed by atoms with Gasteiger partial charge < -0.3 is 14.6 Å². The van der Waals surface area contributed by atoms with Crippen LogP contribution in [0.5, 0.6) is 5.88 Å². The van der Waals surface area contributed by atoms with Gasteiger partial charge in [0.15, 0.2) is 5.58 Å². The highest BCUT2D eigenvalue weighted by molar-refractivity contribution is 7.89. The zero-order chi connectivity index (χ0) is 27.3. The van der Waals surface area contributed by atoms with E-state index in [0.717, 1.165) is 5.56 Å². The first-order chi connectivity index (χ1) is 18.1. The van der Waals surface area contributed by atoms with Crippen LogP contribution in [0, 0.1) is 12.3 Å². The molecule has 4 aromatic rings. The first-order valence-electron chi connectivity index (χ1n) is 12.0. The third-order valence-electron chi connectivity index (χ3n) is 5.66. The van der Waals surface area contributed by atoms with E-state index in [-0.39, 0.29) is 46.9 Å². The molecule has 38 heavy (non-hydrogen) atoms. The van der Waals surface area contributed by atoms with Crippen molar-refractivity contribution in [2.75, 3.05) is 18.4 Å². The number of hydrogen-bond donors (Lipinski definition) is 3. The number of oxazole rings is 1. The van der Waals surface area contributed by atoms with Crippen molar-refractivity contribution in [3.05, 3.63) is 84.4 Å². The van der Waals surface area contributed by atoms with E-state index in [1.165, 1.54) is 40.8 Å². The maximum Gasteiger partial charge on any atom is 0.302 e. The number of aliphatic hydroxyl groups is 1. The lowest BCUT2D eigenvalue weighted by atomic mass is 10.1. The first-order valence-corrected chi connectivity index (χ1v) is 13.5. The molecule has 2 aromatic carbocycles. The Morgan fingerprint density at radius 2 is 1.87 bits per heavy atom. The lowest BCUT2D eigenvalue weighted by molar-refractivity contribution is 0.102. The summed E-state index contributed by atoms with van der Waals surface area (Å²) in [5, 5.41) is 22.4. The number of sulfonamides is 1.